The first-order valence-electron chi connectivity index (χ1n) is 9.37. The number of fused-ring (bicyclic) bond motifs is 3. The van der Waals surface area contributed by atoms with Crippen molar-refractivity contribution in [1.82, 2.24) is 0 Å². The van der Waals surface area contributed by atoms with Crippen molar-refractivity contribution in [2.75, 3.05) is 0 Å². The Balaban J connectivity index is 1.69. The van der Waals surface area contributed by atoms with Gasteiger partial charge in [0.25, 0.3) is 0 Å². The molecular formula is C20H27BO2. The summed E-state index contributed by atoms with van der Waals surface area (Å²) in [6.07, 6.45) is 9.07. The van der Waals surface area contributed by atoms with Gasteiger partial charge >= 0.3 is 7.12 Å². The molecule has 0 amide bonds. The molecule has 1 spiro atoms. The molecule has 1 aromatic carbocycles. The Labute approximate surface area is 140 Å². The highest BCUT2D eigenvalue weighted by Gasteiger charge is 2.57. The lowest BCUT2D eigenvalue weighted by Crippen LogP contribution is -2.41. The topological polar surface area (TPSA) is 18.5 Å². The quantitative estimate of drug-likeness (QED) is 0.740. The van der Waals surface area contributed by atoms with Crippen LogP contribution in [0.1, 0.15) is 75.6 Å². The van der Waals surface area contributed by atoms with Crippen LogP contribution in [0.25, 0.3) is 0 Å². The summed E-state index contributed by atoms with van der Waals surface area (Å²) in [6.45, 7) is 8.68. The first kappa shape index (κ1) is 14.5. The van der Waals surface area contributed by atoms with Gasteiger partial charge in [0, 0.05) is 0 Å². The van der Waals surface area contributed by atoms with E-state index in [9.17, 15) is 0 Å². The zero-order chi connectivity index (χ0) is 16.0. The fourth-order valence-electron chi connectivity index (χ4n) is 5.03. The van der Waals surface area contributed by atoms with Crippen molar-refractivity contribution in [2.24, 2.45) is 0 Å². The minimum atomic E-state index is -0.249. The highest BCUT2D eigenvalue weighted by atomic mass is 16.7. The van der Waals surface area contributed by atoms with Crippen LogP contribution >= 0.6 is 0 Å². The first-order chi connectivity index (χ1) is 10.8. The largest absolute Gasteiger partial charge is 0.495 e. The van der Waals surface area contributed by atoms with Crippen molar-refractivity contribution in [1.29, 1.82) is 0 Å². The SMILES string of the molecule is CC1(C)OB(c2c3c(cc4c2C2(CC4)CC2)CCC3)OC1(C)C. The minimum absolute atomic E-state index is 0.169. The van der Waals surface area contributed by atoms with E-state index >= 15 is 0 Å². The van der Waals surface area contributed by atoms with E-state index in [1.807, 2.05) is 0 Å². The second-order valence-electron chi connectivity index (χ2n) is 9.18. The Bertz CT molecular complexity index is 684. The summed E-state index contributed by atoms with van der Waals surface area (Å²) in [5.41, 5.74) is 7.81. The summed E-state index contributed by atoms with van der Waals surface area (Å²) >= 11 is 0. The maximum Gasteiger partial charge on any atom is 0.495 e. The van der Waals surface area contributed by atoms with Gasteiger partial charge in [-0.3, -0.25) is 0 Å². The zero-order valence-corrected chi connectivity index (χ0v) is 14.9. The van der Waals surface area contributed by atoms with Crippen LogP contribution in [0.4, 0.5) is 0 Å². The lowest BCUT2D eigenvalue weighted by atomic mass is 9.69. The average molecular weight is 310 g/mol. The van der Waals surface area contributed by atoms with Crippen molar-refractivity contribution in [2.45, 2.75) is 89.3 Å². The van der Waals surface area contributed by atoms with Gasteiger partial charge in [-0.2, -0.15) is 0 Å². The molecule has 3 heteroatoms. The van der Waals surface area contributed by atoms with Crippen molar-refractivity contribution < 1.29 is 9.31 Å². The van der Waals surface area contributed by atoms with E-state index in [4.69, 9.17) is 9.31 Å². The highest BCUT2D eigenvalue weighted by Crippen LogP contribution is 2.57. The molecular weight excluding hydrogens is 283 g/mol. The maximum atomic E-state index is 6.50. The Morgan fingerprint density at radius 3 is 2.22 bits per heavy atom. The molecule has 122 valence electrons. The second-order valence-corrected chi connectivity index (χ2v) is 9.18. The minimum Gasteiger partial charge on any atom is -0.399 e. The van der Waals surface area contributed by atoms with Gasteiger partial charge in [-0.1, -0.05) is 6.07 Å². The normalized spacial score (nSPS) is 28.3. The molecule has 1 heterocycles. The van der Waals surface area contributed by atoms with E-state index in [0.29, 0.717) is 5.41 Å². The van der Waals surface area contributed by atoms with E-state index in [0.717, 1.165) is 0 Å². The predicted molar refractivity (Wildman–Crippen MR) is 93.4 cm³/mol. The lowest BCUT2D eigenvalue weighted by Gasteiger charge is -2.32. The van der Waals surface area contributed by atoms with Crippen LogP contribution < -0.4 is 5.46 Å². The monoisotopic (exact) mass is 310 g/mol. The third-order valence-electron chi connectivity index (χ3n) is 7.27. The van der Waals surface area contributed by atoms with Crippen molar-refractivity contribution in [3.05, 3.63) is 28.3 Å². The number of rotatable bonds is 1. The smallest absolute Gasteiger partial charge is 0.399 e. The Morgan fingerprint density at radius 1 is 0.870 bits per heavy atom. The third kappa shape index (κ3) is 1.84. The molecule has 0 atom stereocenters. The molecule has 3 aliphatic carbocycles. The fourth-order valence-corrected chi connectivity index (χ4v) is 5.03. The molecule has 0 radical (unpaired) electrons. The zero-order valence-electron chi connectivity index (χ0n) is 14.9. The van der Waals surface area contributed by atoms with Crippen LogP contribution in [0.15, 0.2) is 6.07 Å². The Morgan fingerprint density at radius 2 is 1.57 bits per heavy atom. The molecule has 0 unspecified atom stereocenters. The Kier molecular flexibility index (Phi) is 2.68. The molecule has 4 aliphatic rings. The van der Waals surface area contributed by atoms with Gasteiger partial charge in [-0.05, 0) is 106 Å². The van der Waals surface area contributed by atoms with Crippen molar-refractivity contribution in [3.63, 3.8) is 0 Å². The third-order valence-corrected chi connectivity index (χ3v) is 7.27. The lowest BCUT2D eigenvalue weighted by molar-refractivity contribution is 0.00578. The van der Waals surface area contributed by atoms with Crippen LogP contribution in [0.2, 0.25) is 0 Å². The van der Waals surface area contributed by atoms with Gasteiger partial charge in [0.1, 0.15) is 0 Å². The number of hydrogen-bond acceptors (Lipinski definition) is 2. The van der Waals surface area contributed by atoms with Crippen LogP contribution in [-0.4, -0.2) is 18.3 Å². The molecule has 0 aromatic heterocycles. The van der Waals surface area contributed by atoms with Crippen LogP contribution in [0, 0.1) is 0 Å². The van der Waals surface area contributed by atoms with Gasteiger partial charge < -0.3 is 9.31 Å². The summed E-state index contributed by atoms with van der Waals surface area (Å²) < 4.78 is 13.0. The van der Waals surface area contributed by atoms with Crippen molar-refractivity contribution >= 4 is 12.6 Å². The maximum absolute atomic E-state index is 6.50. The predicted octanol–water partition coefficient (Wildman–Crippen LogP) is 3.45. The van der Waals surface area contributed by atoms with Gasteiger partial charge in [-0.25, -0.2) is 0 Å². The highest BCUT2D eigenvalue weighted by molar-refractivity contribution is 6.63. The van der Waals surface area contributed by atoms with Crippen LogP contribution in [0.3, 0.4) is 0 Å². The van der Waals surface area contributed by atoms with E-state index in [-0.39, 0.29) is 18.3 Å². The van der Waals surface area contributed by atoms with Crippen LogP contribution in [0.5, 0.6) is 0 Å². The molecule has 1 saturated carbocycles. The average Bonchev–Trinajstić information content (AvgIpc) is 2.83. The molecule has 0 bridgehead atoms. The fraction of sp³-hybridized carbons (Fsp3) is 0.700. The van der Waals surface area contributed by atoms with E-state index in [1.54, 1.807) is 22.3 Å². The van der Waals surface area contributed by atoms with E-state index in [1.165, 1.54) is 50.4 Å². The molecule has 2 fully saturated rings. The number of benzene rings is 1. The van der Waals surface area contributed by atoms with Crippen LogP contribution in [-0.2, 0) is 34.0 Å². The van der Waals surface area contributed by atoms with Gasteiger partial charge in [-0.15, -0.1) is 0 Å². The first-order valence-corrected chi connectivity index (χ1v) is 9.37. The molecule has 1 aliphatic heterocycles. The molecule has 1 aromatic rings. The van der Waals surface area contributed by atoms with Crippen molar-refractivity contribution in [3.8, 4) is 0 Å². The van der Waals surface area contributed by atoms with Gasteiger partial charge in [0.05, 0.1) is 11.2 Å². The summed E-state index contributed by atoms with van der Waals surface area (Å²) in [5, 5.41) is 0. The second kappa shape index (κ2) is 4.24. The summed E-state index contributed by atoms with van der Waals surface area (Å²) in [4.78, 5) is 0. The molecule has 0 N–H and O–H groups in total. The van der Waals surface area contributed by atoms with E-state index < -0.39 is 0 Å². The van der Waals surface area contributed by atoms with Gasteiger partial charge in [0.15, 0.2) is 0 Å². The molecule has 2 nitrogen and oxygen atoms in total. The van der Waals surface area contributed by atoms with E-state index in [2.05, 4.69) is 33.8 Å². The molecule has 23 heavy (non-hydrogen) atoms. The molecule has 5 rings (SSSR count). The standard InChI is InChI=1S/C20H27BO2/c1-18(2)19(3,4)23-21(22-18)17-15-7-5-6-13(15)12-14-8-9-20(10-11-20)16(14)17/h12H,5-11H2,1-4H3. The summed E-state index contributed by atoms with van der Waals surface area (Å²) in [5.74, 6) is 0. The Hall–Kier alpha value is -0.795. The number of hydrogen-bond donors (Lipinski definition) is 0. The summed E-state index contributed by atoms with van der Waals surface area (Å²) in [6, 6.07) is 2.53. The van der Waals surface area contributed by atoms with Gasteiger partial charge in [0.2, 0.25) is 0 Å². The molecule has 1 saturated heterocycles. The summed E-state index contributed by atoms with van der Waals surface area (Å²) in [7, 11) is -0.169. The number of aryl methyl sites for hydroxylation is 2.